The van der Waals surface area contributed by atoms with E-state index in [-0.39, 0.29) is 23.2 Å². The average Bonchev–Trinajstić information content (AvgIpc) is 3.49. The highest BCUT2D eigenvalue weighted by atomic mass is 79.9. The van der Waals surface area contributed by atoms with Gasteiger partial charge >= 0.3 is 0 Å². The van der Waals surface area contributed by atoms with Gasteiger partial charge in [0.05, 0.1) is 30.6 Å². The standard InChI is InChI=1S/C27H29BrClN3O5/c1-2-18(14-33)32-23(25(35)31-17-10-8-16(29)9-11-17)27-12-19(28)22(37-27)20(21(27)26(32)36)24(34)30-13-15-6-4-3-5-7-15/h3-11,18-23,33H,2,12-14H2,1H3,(H,30,34)(H,31,35)/t18-,19?,20-,21-,22-,23?,27?/m0/s1. The maximum Gasteiger partial charge on any atom is 0.250 e. The number of carbonyl (C=O) groups excluding carboxylic acids is 3. The van der Waals surface area contributed by atoms with Crippen LogP contribution in [0, 0.1) is 11.8 Å². The summed E-state index contributed by atoms with van der Waals surface area (Å²) in [7, 11) is 0. The summed E-state index contributed by atoms with van der Waals surface area (Å²) in [6.07, 6.45) is 0.294. The van der Waals surface area contributed by atoms with Crippen LogP contribution >= 0.6 is 27.5 Å². The smallest absolute Gasteiger partial charge is 0.250 e. The maximum absolute atomic E-state index is 14.0. The minimum atomic E-state index is -1.19. The molecule has 3 fully saturated rings. The second-order valence-corrected chi connectivity index (χ2v) is 11.5. The van der Waals surface area contributed by atoms with Crippen molar-refractivity contribution in [1.29, 1.82) is 0 Å². The molecule has 0 aromatic heterocycles. The topological polar surface area (TPSA) is 108 Å². The van der Waals surface area contributed by atoms with Gasteiger partial charge in [-0.1, -0.05) is 64.8 Å². The maximum atomic E-state index is 14.0. The van der Waals surface area contributed by atoms with Crippen molar-refractivity contribution in [2.24, 2.45) is 11.8 Å². The summed E-state index contributed by atoms with van der Waals surface area (Å²) in [5, 5.41) is 16.5. The van der Waals surface area contributed by atoms with Gasteiger partial charge in [0.15, 0.2) is 0 Å². The van der Waals surface area contributed by atoms with E-state index in [9.17, 15) is 19.5 Å². The molecular formula is C27H29BrClN3O5. The van der Waals surface area contributed by atoms with Crippen molar-refractivity contribution in [1.82, 2.24) is 10.2 Å². The van der Waals surface area contributed by atoms with Crippen LogP contribution in [0.4, 0.5) is 5.69 Å². The summed E-state index contributed by atoms with van der Waals surface area (Å²) in [5.74, 6) is -2.63. The first-order valence-electron chi connectivity index (χ1n) is 12.4. The van der Waals surface area contributed by atoms with Gasteiger partial charge in [0, 0.05) is 22.1 Å². The molecule has 3 N–H and O–H groups in total. The Bertz CT molecular complexity index is 1180. The lowest BCUT2D eigenvalue weighted by Gasteiger charge is -2.36. The third-order valence-electron chi connectivity index (χ3n) is 7.77. The third kappa shape index (κ3) is 4.46. The highest BCUT2D eigenvalue weighted by molar-refractivity contribution is 9.09. The number of hydrogen-bond acceptors (Lipinski definition) is 5. The molecule has 2 aromatic rings. The lowest BCUT2D eigenvalue weighted by molar-refractivity contribution is -0.144. The summed E-state index contributed by atoms with van der Waals surface area (Å²) >= 11 is 9.65. The van der Waals surface area contributed by atoms with Crippen LogP contribution in [0.5, 0.6) is 0 Å². The lowest BCUT2D eigenvalue weighted by atomic mass is 9.70. The van der Waals surface area contributed by atoms with Crippen molar-refractivity contribution in [3.05, 3.63) is 65.2 Å². The predicted molar refractivity (Wildman–Crippen MR) is 142 cm³/mol. The molecule has 5 rings (SSSR count). The Morgan fingerprint density at radius 2 is 1.89 bits per heavy atom. The zero-order valence-electron chi connectivity index (χ0n) is 20.3. The van der Waals surface area contributed by atoms with Crippen LogP contribution in [0.25, 0.3) is 0 Å². The number of hydrogen-bond donors (Lipinski definition) is 3. The number of amides is 3. The molecule has 0 saturated carbocycles. The molecule has 1 spiro atoms. The summed E-state index contributed by atoms with van der Waals surface area (Å²) in [4.78, 5) is 42.5. The van der Waals surface area contributed by atoms with Gasteiger partial charge in [-0.05, 0) is 42.7 Å². The second-order valence-electron chi connectivity index (χ2n) is 9.85. The molecule has 8 nitrogen and oxygen atoms in total. The van der Waals surface area contributed by atoms with Crippen molar-refractivity contribution >= 4 is 50.9 Å². The Balaban J connectivity index is 1.47. The van der Waals surface area contributed by atoms with E-state index >= 15 is 0 Å². The molecule has 3 saturated heterocycles. The van der Waals surface area contributed by atoms with Crippen molar-refractivity contribution in [3.8, 4) is 0 Å². The van der Waals surface area contributed by atoms with Gasteiger partial charge in [-0.3, -0.25) is 14.4 Å². The molecule has 3 aliphatic rings. The minimum Gasteiger partial charge on any atom is -0.394 e. The monoisotopic (exact) mass is 589 g/mol. The van der Waals surface area contributed by atoms with Crippen LogP contribution in [0.15, 0.2) is 54.6 Å². The van der Waals surface area contributed by atoms with Crippen LogP contribution in [0.1, 0.15) is 25.3 Å². The van der Waals surface area contributed by atoms with E-state index in [1.54, 1.807) is 24.3 Å². The van der Waals surface area contributed by atoms with E-state index in [4.69, 9.17) is 16.3 Å². The van der Waals surface area contributed by atoms with Gasteiger partial charge in [-0.15, -0.1) is 0 Å². The normalized spacial score (nSPS) is 30.8. The molecule has 196 valence electrons. The van der Waals surface area contributed by atoms with Crippen molar-refractivity contribution in [2.45, 2.75) is 54.9 Å². The van der Waals surface area contributed by atoms with Crippen LogP contribution in [-0.4, -0.2) is 63.0 Å². The second kappa shape index (κ2) is 10.4. The van der Waals surface area contributed by atoms with Gasteiger partial charge in [0.25, 0.3) is 0 Å². The number of rotatable bonds is 8. The lowest BCUT2D eigenvalue weighted by Crippen LogP contribution is -2.56. The fraction of sp³-hybridized carbons (Fsp3) is 0.444. The number of halogens is 2. The van der Waals surface area contributed by atoms with Gasteiger partial charge < -0.3 is 25.4 Å². The quantitative estimate of drug-likeness (QED) is 0.410. The Hall–Kier alpha value is -2.46. The molecule has 3 unspecified atom stereocenters. The number of nitrogens with one attached hydrogen (secondary N) is 2. The number of carbonyl (C=O) groups is 3. The van der Waals surface area contributed by atoms with Crippen LogP contribution in [0.3, 0.4) is 0 Å². The zero-order chi connectivity index (χ0) is 26.3. The fourth-order valence-corrected chi connectivity index (χ4v) is 7.19. The number of benzene rings is 2. The van der Waals surface area contributed by atoms with E-state index in [1.807, 2.05) is 37.3 Å². The molecule has 0 aliphatic carbocycles. The number of nitrogens with zero attached hydrogens (tertiary/aromatic N) is 1. The molecule has 3 aliphatic heterocycles. The Morgan fingerprint density at radius 3 is 2.54 bits per heavy atom. The molecule has 0 radical (unpaired) electrons. The van der Waals surface area contributed by atoms with Crippen LogP contribution in [0.2, 0.25) is 5.02 Å². The number of likely N-dealkylation sites (tertiary alicyclic amines) is 1. The molecular weight excluding hydrogens is 562 g/mol. The van der Waals surface area contributed by atoms with E-state index in [0.717, 1.165) is 5.56 Å². The largest absolute Gasteiger partial charge is 0.394 e. The number of aliphatic hydroxyl groups excluding tert-OH is 1. The summed E-state index contributed by atoms with van der Waals surface area (Å²) in [6.45, 7) is 1.87. The fourth-order valence-electron chi connectivity index (χ4n) is 6.12. The SMILES string of the molecule is CC[C@@H](CO)N1C(=O)[C@@H]2[C@H](C(=O)NCc3ccccc3)[C@H]3OC2(CC3Br)C1C(=O)Nc1ccc(Cl)cc1. The summed E-state index contributed by atoms with van der Waals surface area (Å²) in [6, 6.07) is 14.6. The molecule has 7 atom stereocenters. The number of fused-ring (bicyclic) bond motifs is 1. The Kier molecular flexibility index (Phi) is 7.33. The summed E-state index contributed by atoms with van der Waals surface area (Å²) in [5.41, 5.74) is 0.277. The van der Waals surface area contributed by atoms with Gasteiger partial charge in [0.2, 0.25) is 17.7 Å². The van der Waals surface area contributed by atoms with Crippen molar-refractivity contribution in [2.75, 3.05) is 11.9 Å². The first kappa shape index (κ1) is 26.2. The number of anilines is 1. The average molecular weight is 591 g/mol. The van der Waals surface area contributed by atoms with E-state index in [2.05, 4.69) is 26.6 Å². The molecule has 2 aromatic carbocycles. The minimum absolute atomic E-state index is 0.205. The number of alkyl halides is 1. The Morgan fingerprint density at radius 1 is 1.19 bits per heavy atom. The molecule has 2 bridgehead atoms. The van der Waals surface area contributed by atoms with E-state index < -0.39 is 41.5 Å². The molecule has 3 heterocycles. The predicted octanol–water partition coefficient (Wildman–Crippen LogP) is 3.11. The molecule has 10 heteroatoms. The van der Waals surface area contributed by atoms with Gasteiger partial charge in [-0.25, -0.2) is 0 Å². The van der Waals surface area contributed by atoms with E-state index in [1.165, 1.54) is 4.90 Å². The molecule has 37 heavy (non-hydrogen) atoms. The summed E-state index contributed by atoms with van der Waals surface area (Å²) < 4.78 is 6.48. The highest BCUT2D eigenvalue weighted by Gasteiger charge is 2.76. The van der Waals surface area contributed by atoms with Crippen LogP contribution in [-0.2, 0) is 25.7 Å². The van der Waals surface area contributed by atoms with Gasteiger partial charge in [0.1, 0.15) is 11.6 Å². The zero-order valence-corrected chi connectivity index (χ0v) is 22.6. The van der Waals surface area contributed by atoms with Crippen molar-refractivity contribution < 1.29 is 24.2 Å². The molecule has 3 amide bonds. The van der Waals surface area contributed by atoms with E-state index in [0.29, 0.717) is 30.1 Å². The highest BCUT2D eigenvalue weighted by Crippen LogP contribution is 2.60. The van der Waals surface area contributed by atoms with Gasteiger partial charge in [-0.2, -0.15) is 0 Å². The van der Waals surface area contributed by atoms with Crippen molar-refractivity contribution in [3.63, 3.8) is 0 Å². The number of aliphatic hydroxyl groups is 1. The number of ether oxygens (including phenoxy) is 1. The third-order valence-corrected chi connectivity index (χ3v) is 8.87. The van der Waals surface area contributed by atoms with Crippen LogP contribution < -0.4 is 10.6 Å². The first-order chi connectivity index (χ1) is 17.8. The Labute approximate surface area is 228 Å². The first-order valence-corrected chi connectivity index (χ1v) is 13.7.